The molecule has 2 N–H and O–H groups in total. The molecule has 0 bridgehead atoms. The average molecular weight is 493 g/mol. The number of imide groups is 1. The van der Waals surface area contributed by atoms with Crippen molar-refractivity contribution in [1.29, 1.82) is 0 Å². The molecule has 1 heterocycles. The molecular formula is C27H32N4O5. The van der Waals surface area contributed by atoms with Crippen LogP contribution in [0.25, 0.3) is 0 Å². The highest BCUT2D eigenvalue weighted by Gasteiger charge is 2.52. The van der Waals surface area contributed by atoms with E-state index in [4.69, 9.17) is 0 Å². The molecule has 190 valence electrons. The van der Waals surface area contributed by atoms with Crippen molar-refractivity contribution in [1.82, 2.24) is 15.3 Å². The van der Waals surface area contributed by atoms with Gasteiger partial charge in [-0.1, -0.05) is 68.1 Å². The molecular weight excluding hydrogens is 460 g/mol. The normalized spacial score (nSPS) is 18.5. The fourth-order valence-corrected chi connectivity index (χ4v) is 5.07. The lowest BCUT2D eigenvalue weighted by Gasteiger charge is -2.33. The fourth-order valence-electron chi connectivity index (χ4n) is 5.07. The van der Waals surface area contributed by atoms with Gasteiger partial charge in [-0.15, -0.1) is 0 Å². The van der Waals surface area contributed by atoms with Gasteiger partial charge < -0.3 is 0 Å². The maximum Gasteiger partial charge on any atom is 0.329 e. The number of nitrogens with one attached hydrogen (secondary N) is 1. The van der Waals surface area contributed by atoms with Gasteiger partial charge in [0.15, 0.2) is 6.17 Å². The highest BCUT2D eigenvalue weighted by Crippen LogP contribution is 2.34. The molecule has 1 saturated carbocycles. The van der Waals surface area contributed by atoms with Crippen molar-refractivity contribution >= 4 is 29.4 Å². The first kappa shape index (κ1) is 25.4. The first-order valence-electron chi connectivity index (χ1n) is 12.4. The summed E-state index contributed by atoms with van der Waals surface area (Å²) in [4.78, 5) is 57.6. The number of hydroxylamine groups is 1. The van der Waals surface area contributed by atoms with E-state index in [-0.39, 0.29) is 30.3 Å². The number of hydrogen-bond donors (Lipinski definition) is 2. The zero-order valence-electron chi connectivity index (χ0n) is 20.6. The van der Waals surface area contributed by atoms with Crippen LogP contribution in [0.4, 0.5) is 10.5 Å². The van der Waals surface area contributed by atoms with E-state index < -0.39 is 29.9 Å². The Balaban J connectivity index is 1.82. The fraction of sp³-hybridized carbons (Fsp3) is 0.407. The molecule has 0 aromatic heterocycles. The van der Waals surface area contributed by atoms with Crippen LogP contribution in [0.2, 0.25) is 0 Å². The maximum absolute atomic E-state index is 14.0. The van der Waals surface area contributed by atoms with E-state index >= 15 is 0 Å². The van der Waals surface area contributed by atoms with E-state index in [1.54, 1.807) is 30.6 Å². The number of benzene rings is 2. The van der Waals surface area contributed by atoms with Gasteiger partial charge in [0.05, 0.1) is 11.3 Å². The summed E-state index contributed by atoms with van der Waals surface area (Å²) >= 11 is 0. The molecule has 0 radical (unpaired) electrons. The Hall–Kier alpha value is -3.72. The van der Waals surface area contributed by atoms with Crippen molar-refractivity contribution in [3.63, 3.8) is 0 Å². The van der Waals surface area contributed by atoms with Crippen molar-refractivity contribution < 1.29 is 24.4 Å². The Kier molecular flexibility index (Phi) is 7.69. The number of aryl methyl sites for hydroxylation is 1. The number of amides is 5. The van der Waals surface area contributed by atoms with Crippen LogP contribution in [0, 0.1) is 6.92 Å². The van der Waals surface area contributed by atoms with Crippen LogP contribution in [0.1, 0.15) is 66.9 Å². The summed E-state index contributed by atoms with van der Waals surface area (Å²) in [5.41, 5.74) is 3.67. The monoisotopic (exact) mass is 492 g/mol. The van der Waals surface area contributed by atoms with Crippen LogP contribution in [-0.4, -0.2) is 51.0 Å². The first-order valence-corrected chi connectivity index (χ1v) is 12.4. The molecule has 1 aliphatic carbocycles. The molecule has 9 heteroatoms. The van der Waals surface area contributed by atoms with Crippen LogP contribution >= 0.6 is 0 Å². The molecule has 2 fully saturated rings. The number of urea groups is 1. The van der Waals surface area contributed by atoms with Gasteiger partial charge in [-0.25, -0.2) is 10.3 Å². The highest BCUT2D eigenvalue weighted by molar-refractivity contribution is 6.12. The third kappa shape index (κ3) is 4.83. The standard InChI is InChI=1S/C27H32N4O5/c1-3-23(32)31(22-12-8-7-11-21(22)24(33)28-36)25-26(34)30(20-9-5-4-6-10-20)27(35)29(25)17-19-15-13-18(2)14-16-19/h7-8,11-16,20,25,36H,3-6,9-10,17H2,1-2H3,(H,28,33). The van der Waals surface area contributed by atoms with Crippen molar-refractivity contribution in [2.75, 3.05) is 4.90 Å². The maximum atomic E-state index is 14.0. The minimum Gasteiger partial charge on any atom is -0.290 e. The Bertz CT molecular complexity index is 1140. The molecule has 2 aliphatic rings. The minimum atomic E-state index is -1.25. The number of nitrogens with zero attached hydrogens (tertiary/aromatic N) is 3. The zero-order chi connectivity index (χ0) is 25.8. The van der Waals surface area contributed by atoms with E-state index in [1.165, 1.54) is 20.8 Å². The first-order chi connectivity index (χ1) is 17.4. The third-order valence-corrected chi connectivity index (χ3v) is 6.94. The number of para-hydroxylation sites is 1. The summed E-state index contributed by atoms with van der Waals surface area (Å²) in [6, 6.07) is 13.2. The molecule has 5 amide bonds. The van der Waals surface area contributed by atoms with Gasteiger partial charge in [0.2, 0.25) is 5.91 Å². The van der Waals surface area contributed by atoms with Crippen LogP contribution in [-0.2, 0) is 16.1 Å². The quantitative estimate of drug-likeness (QED) is 0.345. The number of carbonyl (C=O) groups is 4. The highest BCUT2D eigenvalue weighted by atomic mass is 16.5. The molecule has 9 nitrogen and oxygen atoms in total. The SMILES string of the molecule is CCC(=O)N(c1ccccc1C(=O)NO)C1C(=O)N(C2CCCCC2)C(=O)N1Cc1ccc(C)cc1. The van der Waals surface area contributed by atoms with Gasteiger partial charge in [0.1, 0.15) is 0 Å². The second-order valence-corrected chi connectivity index (χ2v) is 9.35. The molecule has 1 unspecified atom stereocenters. The zero-order valence-corrected chi connectivity index (χ0v) is 20.6. The summed E-state index contributed by atoms with van der Waals surface area (Å²) in [5.74, 6) is -1.70. The van der Waals surface area contributed by atoms with Crippen LogP contribution in [0.3, 0.4) is 0 Å². The van der Waals surface area contributed by atoms with Gasteiger partial charge in [-0.05, 0) is 37.5 Å². The number of rotatable bonds is 7. The molecule has 1 aliphatic heterocycles. The van der Waals surface area contributed by atoms with Gasteiger partial charge in [0, 0.05) is 19.0 Å². The van der Waals surface area contributed by atoms with Crippen LogP contribution in [0.5, 0.6) is 0 Å². The largest absolute Gasteiger partial charge is 0.329 e. The molecule has 0 spiro atoms. The lowest BCUT2D eigenvalue weighted by molar-refractivity contribution is -0.132. The predicted octanol–water partition coefficient (Wildman–Crippen LogP) is 3.98. The predicted molar refractivity (Wildman–Crippen MR) is 133 cm³/mol. The van der Waals surface area contributed by atoms with Crippen molar-refractivity contribution in [2.24, 2.45) is 0 Å². The summed E-state index contributed by atoms with van der Waals surface area (Å²) in [7, 11) is 0. The summed E-state index contributed by atoms with van der Waals surface area (Å²) < 4.78 is 0. The van der Waals surface area contributed by atoms with E-state index in [1.807, 2.05) is 31.2 Å². The van der Waals surface area contributed by atoms with E-state index in [2.05, 4.69) is 0 Å². The van der Waals surface area contributed by atoms with E-state index in [0.29, 0.717) is 0 Å². The van der Waals surface area contributed by atoms with Crippen molar-refractivity contribution in [2.45, 2.75) is 71.1 Å². The Labute approximate surface area is 210 Å². The summed E-state index contributed by atoms with van der Waals surface area (Å²) in [5, 5.41) is 9.29. The van der Waals surface area contributed by atoms with Gasteiger partial charge in [-0.3, -0.25) is 34.3 Å². The Morgan fingerprint density at radius 3 is 2.33 bits per heavy atom. The lowest BCUT2D eigenvalue weighted by atomic mass is 9.94. The molecule has 1 saturated heterocycles. The van der Waals surface area contributed by atoms with E-state index in [9.17, 15) is 24.4 Å². The molecule has 2 aromatic carbocycles. The Morgan fingerprint density at radius 1 is 1.03 bits per heavy atom. The Morgan fingerprint density at radius 2 is 1.69 bits per heavy atom. The smallest absolute Gasteiger partial charge is 0.290 e. The lowest BCUT2D eigenvalue weighted by Crippen LogP contribution is -2.52. The van der Waals surface area contributed by atoms with E-state index in [0.717, 1.165) is 43.2 Å². The van der Waals surface area contributed by atoms with Gasteiger partial charge in [0.25, 0.3) is 11.8 Å². The second-order valence-electron chi connectivity index (χ2n) is 9.35. The van der Waals surface area contributed by atoms with Gasteiger partial charge >= 0.3 is 6.03 Å². The number of carbonyl (C=O) groups excluding carboxylic acids is 4. The van der Waals surface area contributed by atoms with Crippen LogP contribution in [0.15, 0.2) is 48.5 Å². The molecule has 4 rings (SSSR count). The molecule has 1 atom stereocenters. The third-order valence-electron chi connectivity index (χ3n) is 6.94. The molecule has 36 heavy (non-hydrogen) atoms. The minimum absolute atomic E-state index is 0.0217. The topological polar surface area (TPSA) is 110 Å². The average Bonchev–Trinajstić information content (AvgIpc) is 3.14. The molecule has 2 aromatic rings. The van der Waals surface area contributed by atoms with Crippen molar-refractivity contribution in [3.05, 3.63) is 65.2 Å². The van der Waals surface area contributed by atoms with Gasteiger partial charge in [-0.2, -0.15) is 0 Å². The number of hydrogen-bond acceptors (Lipinski definition) is 5. The summed E-state index contributed by atoms with van der Waals surface area (Å²) in [6.45, 7) is 3.75. The number of anilines is 1. The van der Waals surface area contributed by atoms with Crippen LogP contribution < -0.4 is 10.4 Å². The summed E-state index contributed by atoms with van der Waals surface area (Å²) in [6.07, 6.45) is 3.19. The second kappa shape index (κ2) is 10.9. The van der Waals surface area contributed by atoms with Crippen molar-refractivity contribution in [3.8, 4) is 0 Å².